The Kier molecular flexibility index (Phi) is 7.99. The predicted molar refractivity (Wildman–Crippen MR) is 86.4 cm³/mol. The van der Waals surface area contributed by atoms with Gasteiger partial charge in [-0.15, -0.1) is 0 Å². The van der Waals surface area contributed by atoms with Crippen LogP contribution in [0.4, 0.5) is 0 Å². The lowest BCUT2D eigenvalue weighted by molar-refractivity contribution is 0.339. The molecule has 0 radical (unpaired) electrons. The zero-order valence-electron chi connectivity index (χ0n) is 12.7. The van der Waals surface area contributed by atoms with E-state index in [9.17, 15) is 0 Å². The lowest BCUT2D eigenvalue weighted by atomic mass is 10.1. The van der Waals surface area contributed by atoms with Gasteiger partial charge in [0.1, 0.15) is 5.75 Å². The van der Waals surface area contributed by atoms with Crippen LogP contribution >= 0.6 is 11.8 Å². The van der Waals surface area contributed by atoms with Gasteiger partial charge in [-0.05, 0) is 49.3 Å². The summed E-state index contributed by atoms with van der Waals surface area (Å²) in [7, 11) is 0. The van der Waals surface area contributed by atoms with E-state index in [4.69, 9.17) is 4.74 Å². The minimum atomic E-state index is 0.799. The second kappa shape index (κ2) is 9.27. The Hall–Kier alpha value is -0.670. The maximum absolute atomic E-state index is 5.91. The molecule has 19 heavy (non-hydrogen) atoms. The lowest BCUT2D eigenvalue weighted by Gasteiger charge is -2.14. The minimum absolute atomic E-state index is 0.799. The smallest absolute Gasteiger partial charge is 0.125 e. The standard InChI is InChI=1S/C16H27NOS/c1-5-7-17-12-15-10-13(3)16(14(4)11-15)18-8-9-19-6-2/h10-11,17H,5-9,12H2,1-4H3. The first-order valence-corrected chi connectivity index (χ1v) is 8.35. The normalized spacial score (nSPS) is 10.7. The van der Waals surface area contributed by atoms with Crippen LogP contribution in [0.2, 0.25) is 0 Å². The Morgan fingerprint density at radius 2 is 1.84 bits per heavy atom. The summed E-state index contributed by atoms with van der Waals surface area (Å²) in [5.74, 6) is 3.29. The lowest BCUT2D eigenvalue weighted by Crippen LogP contribution is -2.14. The van der Waals surface area contributed by atoms with Crippen molar-refractivity contribution in [2.24, 2.45) is 0 Å². The predicted octanol–water partition coefficient (Wildman–Crippen LogP) is 3.93. The highest BCUT2D eigenvalue weighted by Gasteiger charge is 2.06. The molecule has 1 aromatic rings. The van der Waals surface area contributed by atoms with Gasteiger partial charge in [0.2, 0.25) is 0 Å². The van der Waals surface area contributed by atoms with Crippen molar-refractivity contribution in [2.45, 2.75) is 40.7 Å². The third-order valence-electron chi connectivity index (χ3n) is 2.95. The summed E-state index contributed by atoms with van der Waals surface area (Å²) < 4.78 is 5.91. The van der Waals surface area contributed by atoms with Gasteiger partial charge < -0.3 is 10.1 Å². The molecule has 0 amide bonds. The van der Waals surface area contributed by atoms with Crippen molar-refractivity contribution in [1.82, 2.24) is 5.32 Å². The highest BCUT2D eigenvalue weighted by atomic mass is 32.2. The van der Waals surface area contributed by atoms with Crippen molar-refractivity contribution >= 4 is 11.8 Å². The summed E-state index contributed by atoms with van der Waals surface area (Å²) in [4.78, 5) is 0. The quantitative estimate of drug-likeness (QED) is 0.693. The van der Waals surface area contributed by atoms with E-state index in [0.29, 0.717) is 0 Å². The monoisotopic (exact) mass is 281 g/mol. The first-order chi connectivity index (χ1) is 9.19. The highest BCUT2D eigenvalue weighted by molar-refractivity contribution is 7.99. The molecule has 108 valence electrons. The van der Waals surface area contributed by atoms with Crippen LogP contribution in [0.5, 0.6) is 5.75 Å². The van der Waals surface area contributed by atoms with Crippen LogP contribution in [0.3, 0.4) is 0 Å². The first-order valence-electron chi connectivity index (χ1n) is 7.20. The molecule has 2 nitrogen and oxygen atoms in total. The number of thioether (sulfide) groups is 1. The fourth-order valence-corrected chi connectivity index (χ4v) is 2.62. The molecule has 1 aromatic carbocycles. The molecule has 0 fully saturated rings. The fourth-order valence-electron chi connectivity index (χ4n) is 2.13. The highest BCUT2D eigenvalue weighted by Crippen LogP contribution is 2.25. The van der Waals surface area contributed by atoms with E-state index in [1.807, 2.05) is 11.8 Å². The van der Waals surface area contributed by atoms with Crippen LogP contribution < -0.4 is 10.1 Å². The molecule has 0 bridgehead atoms. The Bertz CT molecular complexity index is 356. The summed E-state index contributed by atoms with van der Waals surface area (Å²) >= 11 is 1.92. The minimum Gasteiger partial charge on any atom is -0.492 e. The van der Waals surface area contributed by atoms with Crippen molar-refractivity contribution in [3.63, 3.8) is 0 Å². The SMILES string of the molecule is CCCNCc1cc(C)c(OCCSCC)c(C)c1. The first kappa shape index (κ1) is 16.4. The molecule has 0 atom stereocenters. The van der Waals surface area contributed by atoms with E-state index in [1.54, 1.807) is 0 Å². The summed E-state index contributed by atoms with van der Waals surface area (Å²) in [6, 6.07) is 4.47. The maximum Gasteiger partial charge on any atom is 0.125 e. The van der Waals surface area contributed by atoms with Crippen molar-refractivity contribution in [1.29, 1.82) is 0 Å². The summed E-state index contributed by atoms with van der Waals surface area (Å²) in [5.41, 5.74) is 3.84. The van der Waals surface area contributed by atoms with Gasteiger partial charge in [0.15, 0.2) is 0 Å². The molecule has 0 aliphatic heterocycles. The zero-order valence-corrected chi connectivity index (χ0v) is 13.5. The zero-order chi connectivity index (χ0) is 14.1. The van der Waals surface area contributed by atoms with Crippen molar-refractivity contribution < 1.29 is 4.74 Å². The number of aryl methyl sites for hydroxylation is 2. The second-order valence-corrected chi connectivity index (χ2v) is 6.17. The van der Waals surface area contributed by atoms with Crippen LogP contribution in [0, 0.1) is 13.8 Å². The van der Waals surface area contributed by atoms with Gasteiger partial charge in [-0.2, -0.15) is 11.8 Å². The second-order valence-electron chi connectivity index (χ2n) is 4.78. The summed E-state index contributed by atoms with van der Waals surface area (Å²) in [6.45, 7) is 11.5. The molecule has 0 unspecified atom stereocenters. The molecule has 1 N–H and O–H groups in total. The third-order valence-corrected chi connectivity index (χ3v) is 3.82. The molecular formula is C16H27NOS. The number of ether oxygens (including phenoxy) is 1. The van der Waals surface area contributed by atoms with E-state index >= 15 is 0 Å². The Morgan fingerprint density at radius 3 is 2.42 bits per heavy atom. The average Bonchev–Trinajstić information content (AvgIpc) is 2.37. The molecule has 0 spiro atoms. The molecule has 0 saturated heterocycles. The number of hydrogen-bond donors (Lipinski definition) is 1. The van der Waals surface area contributed by atoms with E-state index < -0.39 is 0 Å². The number of benzene rings is 1. The molecule has 0 heterocycles. The molecule has 3 heteroatoms. The van der Waals surface area contributed by atoms with Crippen LogP contribution in [0.15, 0.2) is 12.1 Å². The number of rotatable bonds is 9. The van der Waals surface area contributed by atoms with Gasteiger partial charge in [-0.3, -0.25) is 0 Å². The van der Waals surface area contributed by atoms with Gasteiger partial charge in [0.05, 0.1) is 6.61 Å². The topological polar surface area (TPSA) is 21.3 Å². The van der Waals surface area contributed by atoms with Gasteiger partial charge >= 0.3 is 0 Å². The van der Waals surface area contributed by atoms with Crippen LogP contribution in [-0.2, 0) is 6.54 Å². The molecule has 0 saturated carbocycles. The van der Waals surface area contributed by atoms with Gasteiger partial charge in [-0.25, -0.2) is 0 Å². The Morgan fingerprint density at radius 1 is 1.16 bits per heavy atom. The molecule has 0 aliphatic carbocycles. The molecule has 0 aromatic heterocycles. The van der Waals surface area contributed by atoms with Gasteiger partial charge in [-0.1, -0.05) is 26.0 Å². The maximum atomic E-state index is 5.91. The van der Waals surface area contributed by atoms with Crippen molar-refractivity contribution in [3.8, 4) is 5.75 Å². The Labute approximate surface area is 122 Å². The van der Waals surface area contributed by atoms with Crippen molar-refractivity contribution in [3.05, 3.63) is 28.8 Å². The van der Waals surface area contributed by atoms with E-state index in [1.165, 1.54) is 23.1 Å². The summed E-state index contributed by atoms with van der Waals surface area (Å²) in [6.07, 6.45) is 1.17. The van der Waals surface area contributed by atoms with E-state index in [-0.39, 0.29) is 0 Å². The number of nitrogens with one attached hydrogen (secondary N) is 1. The molecule has 1 rings (SSSR count). The van der Waals surface area contributed by atoms with Gasteiger partial charge in [0, 0.05) is 12.3 Å². The van der Waals surface area contributed by atoms with Crippen molar-refractivity contribution in [2.75, 3.05) is 24.7 Å². The van der Waals surface area contributed by atoms with Gasteiger partial charge in [0.25, 0.3) is 0 Å². The third kappa shape index (κ3) is 5.87. The number of hydrogen-bond acceptors (Lipinski definition) is 3. The Balaban J connectivity index is 2.58. The fraction of sp³-hybridized carbons (Fsp3) is 0.625. The largest absolute Gasteiger partial charge is 0.492 e. The average molecular weight is 281 g/mol. The summed E-state index contributed by atoms with van der Waals surface area (Å²) in [5, 5.41) is 3.44. The van der Waals surface area contributed by atoms with Crippen LogP contribution in [-0.4, -0.2) is 24.7 Å². The van der Waals surface area contributed by atoms with Crippen LogP contribution in [0.25, 0.3) is 0 Å². The van der Waals surface area contributed by atoms with E-state index in [2.05, 4.69) is 45.1 Å². The molecular weight excluding hydrogens is 254 g/mol. The molecule has 0 aliphatic rings. The van der Waals surface area contributed by atoms with E-state index in [0.717, 1.165) is 37.0 Å². The van der Waals surface area contributed by atoms with Crippen LogP contribution in [0.1, 0.15) is 37.0 Å².